The van der Waals surface area contributed by atoms with Crippen molar-refractivity contribution >= 4 is 39.5 Å². The van der Waals surface area contributed by atoms with Crippen molar-refractivity contribution in [2.75, 3.05) is 38.0 Å². The zero-order chi connectivity index (χ0) is 20.4. The smallest absolute Gasteiger partial charge is 0.258 e. The second-order valence-corrected chi connectivity index (χ2v) is 8.15. The number of hydrogen-bond acceptors (Lipinski definition) is 6. The molecule has 4 rings (SSSR count). The molecular formula is C19H19ClFN5O2S. The first-order chi connectivity index (χ1) is 14.0. The second-order valence-electron chi connectivity index (χ2n) is 6.87. The number of anilines is 1. The van der Waals surface area contributed by atoms with Crippen LogP contribution in [0.1, 0.15) is 5.69 Å². The highest BCUT2D eigenvalue weighted by Crippen LogP contribution is 2.22. The van der Waals surface area contributed by atoms with E-state index in [2.05, 4.69) is 15.2 Å². The number of benzene rings is 1. The van der Waals surface area contributed by atoms with E-state index in [1.807, 2.05) is 10.3 Å². The van der Waals surface area contributed by atoms with Crippen LogP contribution in [-0.2, 0) is 11.3 Å². The third-order valence-electron chi connectivity index (χ3n) is 4.78. The number of rotatable bonds is 5. The Morgan fingerprint density at radius 2 is 1.97 bits per heavy atom. The van der Waals surface area contributed by atoms with Crippen LogP contribution < -0.4 is 10.9 Å². The molecule has 0 aliphatic carbocycles. The van der Waals surface area contributed by atoms with Crippen LogP contribution in [0.25, 0.3) is 4.96 Å². The van der Waals surface area contributed by atoms with Gasteiger partial charge in [0.25, 0.3) is 5.56 Å². The summed E-state index contributed by atoms with van der Waals surface area (Å²) in [7, 11) is 0. The van der Waals surface area contributed by atoms with Gasteiger partial charge in [-0.25, -0.2) is 9.37 Å². The quantitative estimate of drug-likeness (QED) is 0.666. The summed E-state index contributed by atoms with van der Waals surface area (Å²) in [5, 5.41) is 4.74. The predicted molar refractivity (Wildman–Crippen MR) is 111 cm³/mol. The molecule has 1 N–H and O–H groups in total. The lowest BCUT2D eigenvalue weighted by atomic mass is 10.2. The maximum Gasteiger partial charge on any atom is 0.258 e. The highest BCUT2D eigenvalue weighted by atomic mass is 35.5. The van der Waals surface area contributed by atoms with Gasteiger partial charge in [0, 0.05) is 50.4 Å². The highest BCUT2D eigenvalue weighted by Gasteiger charge is 2.20. The Morgan fingerprint density at radius 1 is 1.21 bits per heavy atom. The fraction of sp³-hybridized carbons (Fsp3) is 0.316. The van der Waals surface area contributed by atoms with Crippen molar-refractivity contribution in [3.63, 3.8) is 0 Å². The van der Waals surface area contributed by atoms with Gasteiger partial charge in [0.2, 0.25) is 5.91 Å². The predicted octanol–water partition coefficient (Wildman–Crippen LogP) is 2.30. The standard InChI is InChI=1S/C19H19ClFN5O2S/c20-15-9-13(21)1-2-16(15)23-17(27)12-25-5-3-24(4-6-25)11-14-10-18(28)26-7-8-29-19(26)22-14/h1-2,7-10H,3-6,11-12H2,(H,23,27). The molecule has 1 aliphatic rings. The number of nitrogens with one attached hydrogen (secondary N) is 1. The first-order valence-electron chi connectivity index (χ1n) is 9.13. The number of hydrogen-bond donors (Lipinski definition) is 1. The molecular weight excluding hydrogens is 417 g/mol. The first-order valence-corrected chi connectivity index (χ1v) is 10.4. The van der Waals surface area contributed by atoms with Crippen LogP contribution in [-0.4, -0.2) is 57.8 Å². The van der Waals surface area contributed by atoms with Crippen molar-refractivity contribution in [1.82, 2.24) is 19.2 Å². The fourth-order valence-electron chi connectivity index (χ4n) is 3.29. The molecule has 0 unspecified atom stereocenters. The Hall–Kier alpha value is -2.33. The minimum absolute atomic E-state index is 0.0685. The lowest BCUT2D eigenvalue weighted by molar-refractivity contribution is -0.117. The molecule has 29 heavy (non-hydrogen) atoms. The molecule has 152 valence electrons. The van der Waals surface area contributed by atoms with Gasteiger partial charge in [-0.15, -0.1) is 11.3 Å². The van der Waals surface area contributed by atoms with Crippen LogP contribution in [0.3, 0.4) is 0 Å². The first kappa shape index (κ1) is 20.0. The molecule has 3 heterocycles. The molecule has 1 fully saturated rings. The number of carbonyl (C=O) groups is 1. The maximum atomic E-state index is 13.1. The van der Waals surface area contributed by atoms with Crippen LogP contribution in [0.4, 0.5) is 10.1 Å². The van der Waals surface area contributed by atoms with Crippen molar-refractivity contribution < 1.29 is 9.18 Å². The lowest BCUT2D eigenvalue weighted by Crippen LogP contribution is -2.48. The van der Waals surface area contributed by atoms with E-state index in [0.717, 1.165) is 31.9 Å². The van der Waals surface area contributed by atoms with Crippen molar-refractivity contribution in [3.8, 4) is 0 Å². The monoisotopic (exact) mass is 435 g/mol. The van der Waals surface area contributed by atoms with Crippen LogP contribution in [0.15, 0.2) is 40.6 Å². The molecule has 0 spiro atoms. The summed E-state index contributed by atoms with van der Waals surface area (Å²) < 4.78 is 14.6. The zero-order valence-corrected chi connectivity index (χ0v) is 17.0. The Morgan fingerprint density at radius 3 is 2.72 bits per heavy atom. The molecule has 2 aromatic heterocycles. The zero-order valence-electron chi connectivity index (χ0n) is 15.5. The van der Waals surface area contributed by atoms with Crippen molar-refractivity contribution in [1.29, 1.82) is 0 Å². The third-order valence-corrected chi connectivity index (χ3v) is 5.85. The molecule has 0 radical (unpaired) electrons. The van der Waals surface area contributed by atoms with Gasteiger partial charge >= 0.3 is 0 Å². The summed E-state index contributed by atoms with van der Waals surface area (Å²) in [6, 6.07) is 5.45. The van der Waals surface area contributed by atoms with E-state index in [-0.39, 0.29) is 23.0 Å². The molecule has 1 aromatic carbocycles. The average molecular weight is 436 g/mol. The number of nitrogens with zero attached hydrogens (tertiary/aromatic N) is 4. The summed E-state index contributed by atoms with van der Waals surface area (Å²) in [5.41, 5.74) is 1.09. The summed E-state index contributed by atoms with van der Waals surface area (Å²) in [5.74, 6) is -0.635. The molecule has 10 heteroatoms. The normalized spacial score (nSPS) is 15.7. The SMILES string of the molecule is O=C(CN1CCN(Cc2cc(=O)n3ccsc3n2)CC1)Nc1ccc(F)cc1Cl. The number of amides is 1. The summed E-state index contributed by atoms with van der Waals surface area (Å²) in [4.78, 5) is 33.9. The van der Waals surface area contributed by atoms with E-state index in [9.17, 15) is 14.0 Å². The van der Waals surface area contributed by atoms with E-state index >= 15 is 0 Å². The molecule has 1 aliphatic heterocycles. The van der Waals surface area contributed by atoms with Gasteiger partial charge in [0.15, 0.2) is 4.96 Å². The van der Waals surface area contributed by atoms with E-state index in [0.29, 0.717) is 17.2 Å². The molecule has 3 aromatic rings. The van der Waals surface area contributed by atoms with Crippen molar-refractivity contribution in [2.24, 2.45) is 0 Å². The molecule has 1 amide bonds. The maximum absolute atomic E-state index is 13.1. The Balaban J connectivity index is 1.28. The summed E-state index contributed by atoms with van der Waals surface area (Å²) in [6.45, 7) is 3.85. The number of halogens is 2. The van der Waals surface area contributed by atoms with Crippen LogP contribution >= 0.6 is 22.9 Å². The van der Waals surface area contributed by atoms with Gasteiger partial charge in [-0.05, 0) is 18.2 Å². The molecule has 0 bridgehead atoms. The Labute approximate surface area is 175 Å². The van der Waals surface area contributed by atoms with Gasteiger partial charge in [-0.2, -0.15) is 0 Å². The number of aromatic nitrogens is 2. The van der Waals surface area contributed by atoms with Gasteiger partial charge in [-0.3, -0.25) is 23.8 Å². The second kappa shape index (κ2) is 8.58. The van der Waals surface area contributed by atoms with Gasteiger partial charge < -0.3 is 5.32 Å². The fourth-order valence-corrected chi connectivity index (χ4v) is 4.24. The van der Waals surface area contributed by atoms with Gasteiger partial charge in [0.1, 0.15) is 5.82 Å². The topological polar surface area (TPSA) is 70.0 Å². The van der Waals surface area contributed by atoms with Gasteiger partial charge in [0.05, 0.1) is 22.9 Å². The summed E-state index contributed by atoms with van der Waals surface area (Å²) in [6.07, 6.45) is 1.72. The molecule has 0 saturated carbocycles. The molecule has 7 nitrogen and oxygen atoms in total. The van der Waals surface area contributed by atoms with Crippen LogP contribution in [0.5, 0.6) is 0 Å². The summed E-state index contributed by atoms with van der Waals surface area (Å²) >= 11 is 7.39. The Bertz CT molecular complexity index is 1090. The van der Waals surface area contributed by atoms with Crippen molar-refractivity contribution in [2.45, 2.75) is 6.54 Å². The third kappa shape index (κ3) is 4.81. The van der Waals surface area contributed by atoms with E-state index in [1.165, 1.54) is 33.9 Å². The van der Waals surface area contributed by atoms with E-state index in [4.69, 9.17) is 11.6 Å². The largest absolute Gasteiger partial charge is 0.324 e. The number of carbonyl (C=O) groups excluding carboxylic acids is 1. The van der Waals surface area contributed by atoms with E-state index < -0.39 is 5.82 Å². The van der Waals surface area contributed by atoms with Crippen molar-refractivity contribution in [3.05, 3.63) is 62.7 Å². The number of thiazole rings is 1. The lowest BCUT2D eigenvalue weighted by Gasteiger charge is -2.34. The van der Waals surface area contributed by atoms with E-state index in [1.54, 1.807) is 12.3 Å². The minimum atomic E-state index is -0.445. The molecule has 0 atom stereocenters. The minimum Gasteiger partial charge on any atom is -0.324 e. The number of fused-ring (bicyclic) bond motifs is 1. The molecule has 1 saturated heterocycles. The van der Waals surface area contributed by atoms with Crippen LogP contribution in [0.2, 0.25) is 5.02 Å². The average Bonchev–Trinajstić information content (AvgIpc) is 3.15. The highest BCUT2D eigenvalue weighted by molar-refractivity contribution is 7.15. The number of piperazine rings is 1. The van der Waals surface area contributed by atoms with Crippen LogP contribution in [0, 0.1) is 5.82 Å². The Kier molecular flexibility index (Phi) is 5.91. The van der Waals surface area contributed by atoms with Gasteiger partial charge in [-0.1, -0.05) is 11.6 Å².